The third-order valence-corrected chi connectivity index (χ3v) is 6.68. The van der Waals surface area contributed by atoms with E-state index in [4.69, 9.17) is 9.47 Å². The van der Waals surface area contributed by atoms with E-state index in [-0.39, 0.29) is 5.91 Å². The van der Waals surface area contributed by atoms with Gasteiger partial charge in [0.25, 0.3) is 5.91 Å². The summed E-state index contributed by atoms with van der Waals surface area (Å²) in [4.78, 5) is 29.4. The minimum atomic E-state index is -0.931. The topological polar surface area (TPSA) is 55.8 Å². The molecule has 3 aromatic rings. The lowest BCUT2D eigenvalue weighted by atomic mass is 10.1. The molecule has 1 amide bonds. The molecule has 0 aliphatic carbocycles. The number of hydrogen-bond donors (Lipinski definition) is 0. The lowest BCUT2D eigenvalue weighted by molar-refractivity contribution is -0.140. The summed E-state index contributed by atoms with van der Waals surface area (Å²) >= 11 is 1.39. The van der Waals surface area contributed by atoms with Gasteiger partial charge in [0.2, 0.25) is 6.10 Å². The quantitative estimate of drug-likeness (QED) is 0.569. The molecule has 2 aromatic carbocycles. The molecule has 3 heterocycles. The largest absolute Gasteiger partial charge is 0.488 e. The molecule has 152 valence electrons. The number of esters is 1. The first-order valence-corrected chi connectivity index (χ1v) is 10.9. The molecule has 0 saturated carbocycles. The normalized spacial score (nSPS) is 15.7. The third-order valence-electron chi connectivity index (χ3n) is 5.49. The maximum atomic E-state index is 13.1. The van der Waals surface area contributed by atoms with Crippen molar-refractivity contribution in [3.63, 3.8) is 0 Å². The van der Waals surface area contributed by atoms with Crippen LogP contribution in [0.1, 0.15) is 39.7 Å². The molecular formula is C24H21NO4S. The van der Waals surface area contributed by atoms with E-state index in [2.05, 4.69) is 0 Å². The number of fused-ring (bicyclic) bond motifs is 3. The summed E-state index contributed by atoms with van der Waals surface area (Å²) in [6, 6.07) is 18.9. The number of thiophene rings is 1. The van der Waals surface area contributed by atoms with Crippen molar-refractivity contribution in [1.82, 2.24) is 4.90 Å². The second-order valence-electron chi connectivity index (χ2n) is 7.48. The Kier molecular flexibility index (Phi) is 5.01. The summed E-state index contributed by atoms with van der Waals surface area (Å²) in [5, 5.41) is 0. The van der Waals surface area contributed by atoms with Crippen LogP contribution in [0.2, 0.25) is 0 Å². The van der Waals surface area contributed by atoms with E-state index in [1.165, 1.54) is 11.3 Å². The van der Waals surface area contributed by atoms with Crippen LogP contribution >= 0.6 is 11.3 Å². The van der Waals surface area contributed by atoms with Crippen molar-refractivity contribution in [2.45, 2.75) is 25.6 Å². The van der Waals surface area contributed by atoms with Gasteiger partial charge in [-0.25, -0.2) is 4.79 Å². The number of amides is 1. The van der Waals surface area contributed by atoms with Crippen LogP contribution in [-0.2, 0) is 16.1 Å². The molecule has 6 heteroatoms. The standard InChI is InChI=1S/C24H21NO4S/c26-23(25-12-6-7-13-25)21(16-8-2-1-3-9-16)29-24(27)20-14-17-15-28-19-11-5-4-10-18(19)22(17)30-20/h1-5,8-11,14,21H,6-7,12-13,15H2/t21-/m1/s1. The molecule has 1 fully saturated rings. The van der Waals surface area contributed by atoms with Crippen molar-refractivity contribution < 1.29 is 19.1 Å². The number of benzene rings is 2. The number of likely N-dealkylation sites (tertiary alicyclic amines) is 1. The third kappa shape index (κ3) is 3.48. The zero-order valence-electron chi connectivity index (χ0n) is 16.4. The average Bonchev–Trinajstić information content (AvgIpc) is 3.48. The first-order chi connectivity index (χ1) is 14.7. The van der Waals surface area contributed by atoms with Crippen molar-refractivity contribution in [2.24, 2.45) is 0 Å². The van der Waals surface area contributed by atoms with E-state index in [0.717, 1.165) is 34.6 Å². The van der Waals surface area contributed by atoms with Crippen molar-refractivity contribution in [2.75, 3.05) is 13.1 Å². The average molecular weight is 420 g/mol. The van der Waals surface area contributed by atoms with Crippen molar-refractivity contribution in [3.8, 4) is 16.2 Å². The maximum Gasteiger partial charge on any atom is 0.349 e. The number of ether oxygens (including phenoxy) is 2. The summed E-state index contributed by atoms with van der Waals surface area (Å²) in [5.74, 6) is 0.188. The van der Waals surface area contributed by atoms with E-state index in [9.17, 15) is 9.59 Å². The highest BCUT2D eigenvalue weighted by Gasteiger charge is 2.32. The molecule has 0 bridgehead atoms. The molecule has 30 heavy (non-hydrogen) atoms. The number of carbonyl (C=O) groups excluding carboxylic acids is 2. The molecule has 0 N–H and O–H groups in total. The Labute approximate surface area is 178 Å². The van der Waals surface area contributed by atoms with Crippen LogP contribution in [0.5, 0.6) is 5.75 Å². The monoisotopic (exact) mass is 419 g/mol. The highest BCUT2D eigenvalue weighted by Crippen LogP contribution is 2.42. The molecule has 0 unspecified atom stereocenters. The predicted octanol–water partition coefficient (Wildman–Crippen LogP) is 4.83. The molecule has 0 spiro atoms. The zero-order valence-corrected chi connectivity index (χ0v) is 17.2. The van der Waals surface area contributed by atoms with Gasteiger partial charge < -0.3 is 14.4 Å². The minimum absolute atomic E-state index is 0.151. The number of para-hydroxylation sites is 1. The molecule has 0 radical (unpaired) electrons. The van der Waals surface area contributed by atoms with E-state index >= 15 is 0 Å². The van der Waals surface area contributed by atoms with Crippen molar-refractivity contribution >= 4 is 23.2 Å². The molecule has 2 aliphatic rings. The van der Waals surface area contributed by atoms with Gasteiger partial charge in [0.15, 0.2) is 0 Å². The SMILES string of the molecule is O=C(O[C@@H](C(=O)N1CCCC1)c1ccccc1)c1cc2c(s1)-c1ccccc1OC2. The van der Waals surface area contributed by atoms with E-state index in [0.29, 0.717) is 30.1 Å². The summed E-state index contributed by atoms with van der Waals surface area (Å²) in [6.45, 7) is 1.84. The molecular weight excluding hydrogens is 398 g/mol. The Morgan fingerprint density at radius 1 is 1.00 bits per heavy atom. The van der Waals surface area contributed by atoms with Crippen LogP contribution in [0.4, 0.5) is 0 Å². The van der Waals surface area contributed by atoms with Gasteiger partial charge in [0.05, 0.1) is 0 Å². The predicted molar refractivity (Wildman–Crippen MR) is 114 cm³/mol. The number of nitrogens with zero attached hydrogens (tertiary/aromatic N) is 1. The molecule has 2 aliphatic heterocycles. The second-order valence-corrected chi connectivity index (χ2v) is 8.53. The van der Waals surface area contributed by atoms with Crippen LogP contribution in [0.25, 0.3) is 10.4 Å². The molecule has 5 nitrogen and oxygen atoms in total. The lowest BCUT2D eigenvalue weighted by Crippen LogP contribution is -2.34. The van der Waals surface area contributed by atoms with Gasteiger partial charge in [0, 0.05) is 34.7 Å². The van der Waals surface area contributed by atoms with E-state index in [1.54, 1.807) is 4.90 Å². The fourth-order valence-electron chi connectivity index (χ4n) is 3.96. The summed E-state index contributed by atoms with van der Waals surface area (Å²) in [7, 11) is 0. The van der Waals surface area contributed by atoms with Gasteiger partial charge in [-0.05, 0) is 31.0 Å². The molecule has 1 saturated heterocycles. The fourth-order valence-corrected chi connectivity index (χ4v) is 5.04. The summed E-state index contributed by atoms with van der Waals surface area (Å²) < 4.78 is 11.6. The smallest absolute Gasteiger partial charge is 0.349 e. The zero-order chi connectivity index (χ0) is 20.5. The van der Waals surface area contributed by atoms with Crippen LogP contribution in [-0.4, -0.2) is 29.9 Å². The Bertz CT molecular complexity index is 1090. The Hall–Kier alpha value is -3.12. The molecule has 1 atom stereocenters. The van der Waals surface area contributed by atoms with Crippen LogP contribution in [0.15, 0.2) is 60.7 Å². The highest BCUT2D eigenvalue weighted by atomic mass is 32.1. The summed E-state index contributed by atoms with van der Waals surface area (Å²) in [5.41, 5.74) is 2.64. The fraction of sp³-hybridized carbons (Fsp3) is 0.250. The van der Waals surface area contributed by atoms with E-state index < -0.39 is 12.1 Å². The maximum absolute atomic E-state index is 13.1. The van der Waals surface area contributed by atoms with Crippen molar-refractivity contribution in [1.29, 1.82) is 0 Å². The first kappa shape index (κ1) is 18.9. The van der Waals surface area contributed by atoms with Gasteiger partial charge in [-0.3, -0.25) is 4.79 Å². The summed E-state index contributed by atoms with van der Waals surface area (Å²) in [6.07, 6.45) is 1.04. The highest BCUT2D eigenvalue weighted by molar-refractivity contribution is 7.17. The van der Waals surface area contributed by atoms with Gasteiger partial charge in [-0.15, -0.1) is 11.3 Å². The number of carbonyl (C=O) groups is 2. The molecule has 1 aromatic heterocycles. The van der Waals surface area contributed by atoms with Gasteiger partial charge in [-0.2, -0.15) is 0 Å². The van der Waals surface area contributed by atoms with Crippen LogP contribution in [0, 0.1) is 0 Å². The first-order valence-electron chi connectivity index (χ1n) is 10.1. The van der Waals surface area contributed by atoms with Gasteiger partial charge in [-0.1, -0.05) is 42.5 Å². The van der Waals surface area contributed by atoms with Gasteiger partial charge in [0.1, 0.15) is 17.2 Å². The minimum Gasteiger partial charge on any atom is -0.488 e. The lowest BCUT2D eigenvalue weighted by Gasteiger charge is -2.23. The van der Waals surface area contributed by atoms with Crippen molar-refractivity contribution in [3.05, 3.63) is 76.7 Å². The second kappa shape index (κ2) is 7.95. The number of rotatable bonds is 4. The van der Waals surface area contributed by atoms with E-state index in [1.807, 2.05) is 60.7 Å². The number of hydrogen-bond acceptors (Lipinski definition) is 5. The Balaban J connectivity index is 1.43. The van der Waals surface area contributed by atoms with Gasteiger partial charge >= 0.3 is 5.97 Å². The van der Waals surface area contributed by atoms with Crippen LogP contribution in [0.3, 0.4) is 0 Å². The van der Waals surface area contributed by atoms with Crippen LogP contribution < -0.4 is 4.74 Å². The Morgan fingerprint density at radius 2 is 1.73 bits per heavy atom. The molecule has 5 rings (SSSR count). The Morgan fingerprint density at radius 3 is 2.53 bits per heavy atom.